The number of hydrogen-bond acceptors (Lipinski definition) is 2. The molecule has 1 saturated heterocycles. The molecule has 1 saturated carbocycles. The molecule has 0 spiro atoms. The van der Waals surface area contributed by atoms with Crippen molar-refractivity contribution in [1.82, 2.24) is 5.32 Å². The van der Waals surface area contributed by atoms with E-state index >= 15 is 0 Å². The first-order chi connectivity index (χ1) is 7.93. The molecule has 3 heteroatoms. The first-order valence-electron chi connectivity index (χ1n) is 6.27. The van der Waals surface area contributed by atoms with Crippen LogP contribution in [-0.2, 0) is 0 Å². The van der Waals surface area contributed by atoms with E-state index in [-0.39, 0.29) is 0 Å². The number of rotatable bonds is 2. The average Bonchev–Trinajstić information content (AvgIpc) is 2.98. The first-order valence-corrected chi connectivity index (χ1v) is 7.15. The zero-order valence-electron chi connectivity index (χ0n) is 9.48. The molecule has 0 amide bonds. The third-order valence-electron chi connectivity index (χ3n) is 3.63. The molecule has 16 heavy (non-hydrogen) atoms. The van der Waals surface area contributed by atoms with Gasteiger partial charge in [0.15, 0.2) is 0 Å². The van der Waals surface area contributed by atoms with E-state index in [4.69, 9.17) is 4.99 Å². The molecule has 2 fully saturated rings. The highest BCUT2D eigenvalue weighted by molar-refractivity contribution is 7.10. The molecular formula is C13H18N2S. The second-order valence-corrected chi connectivity index (χ2v) is 5.71. The molecule has 86 valence electrons. The van der Waals surface area contributed by atoms with E-state index in [1.807, 2.05) is 11.3 Å². The van der Waals surface area contributed by atoms with Crippen LogP contribution in [0.4, 0.5) is 0 Å². The van der Waals surface area contributed by atoms with E-state index < -0.39 is 0 Å². The van der Waals surface area contributed by atoms with Crippen LogP contribution in [0.2, 0.25) is 0 Å². The Morgan fingerprint density at radius 2 is 2.31 bits per heavy atom. The van der Waals surface area contributed by atoms with Gasteiger partial charge in [0, 0.05) is 23.8 Å². The number of thiophene rings is 1. The van der Waals surface area contributed by atoms with Crippen LogP contribution in [-0.4, -0.2) is 18.4 Å². The number of nitrogens with one attached hydrogen (secondary N) is 1. The Labute approximate surface area is 101 Å². The van der Waals surface area contributed by atoms with Gasteiger partial charge in [0.2, 0.25) is 0 Å². The smallest absolute Gasteiger partial charge is 0.0967 e. The summed E-state index contributed by atoms with van der Waals surface area (Å²) in [6.07, 6.45) is 6.35. The fourth-order valence-electron chi connectivity index (χ4n) is 2.82. The van der Waals surface area contributed by atoms with E-state index in [0.29, 0.717) is 12.0 Å². The Balaban J connectivity index is 1.76. The fourth-order valence-corrected chi connectivity index (χ4v) is 3.74. The minimum absolute atomic E-state index is 0.541. The van der Waals surface area contributed by atoms with E-state index in [9.17, 15) is 0 Å². The molecule has 2 unspecified atom stereocenters. The Morgan fingerprint density at radius 1 is 1.31 bits per heavy atom. The van der Waals surface area contributed by atoms with Gasteiger partial charge in [-0.25, -0.2) is 0 Å². The molecule has 1 aliphatic heterocycles. The predicted octanol–water partition coefficient (Wildman–Crippen LogP) is 3.17. The maximum atomic E-state index is 4.92. The zero-order chi connectivity index (χ0) is 10.8. The summed E-state index contributed by atoms with van der Waals surface area (Å²) in [7, 11) is 0. The van der Waals surface area contributed by atoms with Crippen LogP contribution in [0.15, 0.2) is 22.5 Å². The van der Waals surface area contributed by atoms with Gasteiger partial charge in [-0.2, -0.15) is 0 Å². The molecule has 0 aromatic carbocycles. The quantitative estimate of drug-likeness (QED) is 0.835. The van der Waals surface area contributed by atoms with Crippen LogP contribution < -0.4 is 5.32 Å². The van der Waals surface area contributed by atoms with Crippen LogP contribution in [0.1, 0.15) is 42.9 Å². The Bertz CT molecular complexity index is 361. The van der Waals surface area contributed by atoms with Crippen molar-refractivity contribution in [3.63, 3.8) is 0 Å². The topological polar surface area (TPSA) is 24.4 Å². The van der Waals surface area contributed by atoms with Gasteiger partial charge in [-0.3, -0.25) is 4.99 Å². The fraction of sp³-hybridized carbons (Fsp3) is 0.615. The minimum Gasteiger partial charge on any atom is -0.374 e. The van der Waals surface area contributed by atoms with Gasteiger partial charge < -0.3 is 5.32 Å². The van der Waals surface area contributed by atoms with Crippen LogP contribution >= 0.6 is 11.3 Å². The average molecular weight is 234 g/mol. The minimum atomic E-state index is 0.541. The number of hydrogen-bond donors (Lipinski definition) is 1. The molecule has 1 aliphatic carbocycles. The zero-order valence-corrected chi connectivity index (χ0v) is 10.3. The van der Waals surface area contributed by atoms with Crippen LogP contribution in [0, 0.1) is 0 Å². The summed E-state index contributed by atoms with van der Waals surface area (Å²) in [6, 6.07) is 4.98. The molecule has 0 radical (unpaired) electrons. The molecule has 2 heterocycles. The summed E-state index contributed by atoms with van der Waals surface area (Å²) < 4.78 is 0. The summed E-state index contributed by atoms with van der Waals surface area (Å²) in [4.78, 5) is 6.46. The maximum Gasteiger partial charge on any atom is 0.0967 e. The van der Waals surface area contributed by atoms with E-state index in [1.165, 1.54) is 36.4 Å². The highest BCUT2D eigenvalue weighted by Gasteiger charge is 2.29. The van der Waals surface area contributed by atoms with Gasteiger partial charge in [0.25, 0.3) is 0 Å². The van der Waals surface area contributed by atoms with Gasteiger partial charge in [0.05, 0.1) is 11.9 Å². The van der Waals surface area contributed by atoms with Gasteiger partial charge in [-0.05, 0) is 30.7 Å². The summed E-state index contributed by atoms with van der Waals surface area (Å²) in [6.45, 7) is 1.12. The summed E-state index contributed by atoms with van der Waals surface area (Å²) in [5, 5.41) is 5.59. The highest BCUT2D eigenvalue weighted by atomic mass is 32.1. The SMILES string of the molecule is c1csc(C2CCCC2/N=C2\CCCN2)c1. The van der Waals surface area contributed by atoms with Crippen molar-refractivity contribution in [2.45, 2.75) is 44.1 Å². The van der Waals surface area contributed by atoms with E-state index in [0.717, 1.165) is 13.0 Å². The Morgan fingerprint density at radius 3 is 3.06 bits per heavy atom. The van der Waals surface area contributed by atoms with E-state index in [1.54, 1.807) is 0 Å². The standard InChI is InChI=1S/C13H18N2S/c1-4-10(12-6-3-9-16-12)11(5-1)15-13-7-2-8-14-13/h3,6,9-11H,1-2,4-5,7-8H2,(H,14,15). The van der Waals surface area contributed by atoms with Crippen molar-refractivity contribution in [2.75, 3.05) is 6.54 Å². The van der Waals surface area contributed by atoms with Crippen molar-refractivity contribution < 1.29 is 0 Å². The predicted molar refractivity (Wildman–Crippen MR) is 69.4 cm³/mol. The number of aliphatic imine (C=N–C) groups is 1. The van der Waals surface area contributed by atoms with Crippen molar-refractivity contribution in [3.05, 3.63) is 22.4 Å². The highest BCUT2D eigenvalue weighted by Crippen LogP contribution is 2.38. The van der Waals surface area contributed by atoms with Crippen molar-refractivity contribution in [2.24, 2.45) is 4.99 Å². The lowest BCUT2D eigenvalue weighted by molar-refractivity contribution is 0.621. The second-order valence-electron chi connectivity index (χ2n) is 4.73. The van der Waals surface area contributed by atoms with E-state index in [2.05, 4.69) is 22.8 Å². The summed E-state index contributed by atoms with van der Waals surface area (Å²) in [5.74, 6) is 1.95. The lowest BCUT2D eigenvalue weighted by Crippen LogP contribution is -2.19. The second kappa shape index (κ2) is 4.58. The molecular weight excluding hydrogens is 216 g/mol. The van der Waals surface area contributed by atoms with Crippen LogP contribution in [0.3, 0.4) is 0 Å². The first kappa shape index (κ1) is 10.3. The lowest BCUT2D eigenvalue weighted by Gasteiger charge is -2.15. The summed E-state index contributed by atoms with van der Waals surface area (Å²) in [5.41, 5.74) is 0. The Kier molecular flexibility index (Phi) is 2.96. The molecule has 2 aliphatic rings. The van der Waals surface area contributed by atoms with Gasteiger partial charge >= 0.3 is 0 Å². The molecule has 0 bridgehead atoms. The summed E-state index contributed by atoms with van der Waals surface area (Å²) >= 11 is 1.89. The van der Waals surface area contributed by atoms with Gasteiger partial charge in [0.1, 0.15) is 0 Å². The third-order valence-corrected chi connectivity index (χ3v) is 4.63. The van der Waals surface area contributed by atoms with Crippen molar-refractivity contribution >= 4 is 17.2 Å². The van der Waals surface area contributed by atoms with Crippen LogP contribution in [0.5, 0.6) is 0 Å². The molecule has 2 nitrogen and oxygen atoms in total. The van der Waals surface area contributed by atoms with Crippen LogP contribution in [0.25, 0.3) is 0 Å². The van der Waals surface area contributed by atoms with Crippen molar-refractivity contribution in [3.8, 4) is 0 Å². The monoisotopic (exact) mass is 234 g/mol. The third kappa shape index (κ3) is 2.01. The lowest BCUT2D eigenvalue weighted by atomic mass is 10.0. The maximum absolute atomic E-state index is 4.92. The Hall–Kier alpha value is -0.830. The molecule has 2 atom stereocenters. The van der Waals surface area contributed by atoms with Gasteiger partial charge in [-0.15, -0.1) is 11.3 Å². The molecule has 1 N–H and O–H groups in total. The molecule has 1 aromatic rings. The molecule has 3 rings (SSSR count). The number of amidine groups is 1. The van der Waals surface area contributed by atoms with Crippen molar-refractivity contribution in [1.29, 1.82) is 0 Å². The largest absolute Gasteiger partial charge is 0.374 e. The number of nitrogens with zero attached hydrogens (tertiary/aromatic N) is 1. The molecule has 1 aromatic heterocycles. The normalized spacial score (nSPS) is 32.1. The van der Waals surface area contributed by atoms with Gasteiger partial charge in [-0.1, -0.05) is 12.5 Å².